The van der Waals surface area contributed by atoms with E-state index < -0.39 is 11.4 Å². The normalized spacial score (nSPS) is 11.1. The van der Waals surface area contributed by atoms with Crippen molar-refractivity contribution in [1.29, 1.82) is 0 Å². The molecule has 0 aliphatic heterocycles. The van der Waals surface area contributed by atoms with E-state index in [0.717, 1.165) is 16.7 Å². The fourth-order valence-electron chi connectivity index (χ4n) is 3.72. The van der Waals surface area contributed by atoms with Gasteiger partial charge >= 0.3 is 11.4 Å². The van der Waals surface area contributed by atoms with Crippen molar-refractivity contribution in [2.24, 2.45) is 0 Å². The molecule has 0 atom stereocenters. The van der Waals surface area contributed by atoms with Gasteiger partial charge in [0.05, 0.1) is 12.3 Å². The summed E-state index contributed by atoms with van der Waals surface area (Å²) >= 11 is 0. The van der Waals surface area contributed by atoms with Crippen molar-refractivity contribution in [3.05, 3.63) is 45.2 Å². The van der Waals surface area contributed by atoms with Crippen LogP contribution in [-0.4, -0.2) is 21.4 Å². The van der Waals surface area contributed by atoms with Crippen LogP contribution in [0, 0.1) is 0 Å². The van der Waals surface area contributed by atoms with E-state index in [2.05, 4.69) is 17.1 Å². The molecule has 6 nitrogen and oxygen atoms in total. The molecule has 1 aromatic carbocycles. The van der Waals surface area contributed by atoms with Crippen LogP contribution in [0.5, 0.6) is 5.75 Å². The molecule has 2 N–H and O–H groups in total. The Balaban J connectivity index is 1.44. The molecule has 0 unspecified atom stereocenters. The van der Waals surface area contributed by atoms with Crippen LogP contribution in [0.2, 0.25) is 0 Å². The number of rotatable bonds is 17. The van der Waals surface area contributed by atoms with Gasteiger partial charge in [0, 0.05) is 0 Å². The second kappa shape index (κ2) is 14.7. The van der Waals surface area contributed by atoms with Gasteiger partial charge in [-0.15, -0.1) is 0 Å². The molecule has 1 heterocycles. The molecule has 6 heteroatoms. The number of hydrogen-bond donors (Lipinski definition) is 2. The zero-order valence-electron chi connectivity index (χ0n) is 18.6. The third-order valence-corrected chi connectivity index (χ3v) is 5.54. The van der Waals surface area contributed by atoms with Crippen molar-refractivity contribution in [2.75, 3.05) is 6.61 Å². The average molecular weight is 418 g/mol. The third kappa shape index (κ3) is 9.06. The number of nitrogens with zero attached hydrogens (tertiary/aromatic N) is 1. The largest absolute Gasteiger partial charge is 0.494 e. The van der Waals surface area contributed by atoms with Crippen molar-refractivity contribution in [3.63, 3.8) is 0 Å². The Kier molecular flexibility index (Phi) is 11.8. The van der Waals surface area contributed by atoms with E-state index in [9.17, 15) is 9.59 Å². The minimum atomic E-state index is -0.476. The maximum atomic E-state index is 11.6. The molecule has 0 radical (unpaired) electrons. The molecule has 168 valence electrons. The summed E-state index contributed by atoms with van der Waals surface area (Å²) in [7, 11) is 0. The van der Waals surface area contributed by atoms with Crippen LogP contribution in [0.15, 0.2) is 33.9 Å². The highest BCUT2D eigenvalue weighted by atomic mass is 16.5. The van der Waals surface area contributed by atoms with Crippen molar-refractivity contribution < 1.29 is 4.74 Å². The van der Waals surface area contributed by atoms with Gasteiger partial charge in [0.2, 0.25) is 0 Å². The quantitative estimate of drug-likeness (QED) is 0.323. The number of aromatic amines is 2. The summed E-state index contributed by atoms with van der Waals surface area (Å²) in [5, 5.41) is 4.54. The van der Waals surface area contributed by atoms with E-state index in [1.807, 2.05) is 0 Å². The Morgan fingerprint density at radius 2 is 1.10 bits per heavy atom. The lowest BCUT2D eigenvalue weighted by molar-refractivity contribution is 0.304. The Morgan fingerprint density at radius 1 is 0.667 bits per heavy atom. The Bertz CT molecular complexity index is 762. The van der Waals surface area contributed by atoms with Crippen LogP contribution >= 0.6 is 0 Å². The first-order chi connectivity index (χ1) is 14.7. The lowest BCUT2D eigenvalue weighted by Crippen LogP contribution is -2.24. The fraction of sp³-hybridized carbons (Fsp3) is 0.667. The molecule has 2 rings (SSSR count). The summed E-state index contributed by atoms with van der Waals surface area (Å²) in [6.07, 6.45) is 18.8. The number of ether oxygens (including phenoxy) is 1. The zero-order chi connectivity index (χ0) is 21.4. The van der Waals surface area contributed by atoms with Gasteiger partial charge in [-0.2, -0.15) is 0 Å². The summed E-state index contributed by atoms with van der Waals surface area (Å²) in [5.41, 5.74) is -0.432. The first-order valence-corrected chi connectivity index (χ1v) is 11.9. The van der Waals surface area contributed by atoms with E-state index in [0.29, 0.717) is 12.3 Å². The van der Waals surface area contributed by atoms with E-state index in [4.69, 9.17) is 4.74 Å². The molecule has 0 aliphatic rings. The summed E-state index contributed by atoms with van der Waals surface area (Å²) in [4.78, 5) is 23.2. The van der Waals surface area contributed by atoms with Gasteiger partial charge in [0.1, 0.15) is 5.75 Å². The van der Waals surface area contributed by atoms with E-state index >= 15 is 0 Å². The van der Waals surface area contributed by atoms with Gasteiger partial charge in [-0.05, 0) is 30.7 Å². The van der Waals surface area contributed by atoms with Crippen molar-refractivity contribution in [1.82, 2.24) is 14.8 Å². The maximum absolute atomic E-state index is 11.6. The number of hydrogen-bond acceptors (Lipinski definition) is 3. The average Bonchev–Trinajstić information content (AvgIpc) is 3.09. The second-order valence-corrected chi connectivity index (χ2v) is 8.13. The zero-order valence-corrected chi connectivity index (χ0v) is 18.6. The summed E-state index contributed by atoms with van der Waals surface area (Å²) in [6.45, 7) is 2.97. The Labute approximate surface area is 180 Å². The van der Waals surface area contributed by atoms with Gasteiger partial charge < -0.3 is 4.74 Å². The molecule has 0 saturated heterocycles. The SMILES string of the molecule is CCCCCCCCCCCCCCCCOc1ccc(-n2c(=O)[nH][nH]c2=O)cc1. The standard InChI is InChI=1S/C24H39N3O3/c1-2-3-4-5-6-7-8-9-10-11-12-13-14-15-20-30-22-18-16-21(17-19-22)27-23(28)25-26-24(27)29/h16-19H,2-15,20H2,1H3,(H,25,28)(H,26,29). The molecule has 0 saturated carbocycles. The minimum absolute atomic E-state index is 0.476. The molecule has 0 bridgehead atoms. The predicted octanol–water partition coefficient (Wildman–Crippen LogP) is 5.71. The highest BCUT2D eigenvalue weighted by Crippen LogP contribution is 2.15. The monoisotopic (exact) mass is 417 g/mol. The molecular formula is C24H39N3O3. The van der Waals surface area contributed by atoms with Gasteiger partial charge in [0.25, 0.3) is 0 Å². The second-order valence-electron chi connectivity index (χ2n) is 8.13. The van der Waals surface area contributed by atoms with Crippen molar-refractivity contribution in [2.45, 2.75) is 96.8 Å². The lowest BCUT2D eigenvalue weighted by Gasteiger charge is -2.07. The van der Waals surface area contributed by atoms with Crippen LogP contribution in [0.25, 0.3) is 5.69 Å². The summed E-state index contributed by atoms with van der Waals surface area (Å²) in [6, 6.07) is 7.01. The van der Waals surface area contributed by atoms with Crippen LogP contribution in [0.1, 0.15) is 96.8 Å². The number of unbranched alkanes of at least 4 members (excludes halogenated alkanes) is 13. The summed E-state index contributed by atoms with van der Waals surface area (Å²) < 4.78 is 6.82. The van der Waals surface area contributed by atoms with Crippen LogP contribution in [-0.2, 0) is 0 Å². The van der Waals surface area contributed by atoms with Gasteiger partial charge in [-0.1, -0.05) is 90.4 Å². The van der Waals surface area contributed by atoms with E-state index in [-0.39, 0.29) is 0 Å². The highest BCUT2D eigenvalue weighted by Gasteiger charge is 2.05. The number of nitrogens with one attached hydrogen (secondary N) is 2. The van der Waals surface area contributed by atoms with E-state index in [1.54, 1.807) is 24.3 Å². The molecule has 1 aromatic heterocycles. The van der Waals surface area contributed by atoms with Crippen LogP contribution < -0.4 is 16.1 Å². The predicted molar refractivity (Wildman–Crippen MR) is 123 cm³/mol. The molecule has 0 aliphatic carbocycles. The molecule has 0 fully saturated rings. The highest BCUT2D eigenvalue weighted by molar-refractivity contribution is 5.36. The first-order valence-electron chi connectivity index (χ1n) is 11.9. The van der Waals surface area contributed by atoms with Crippen molar-refractivity contribution >= 4 is 0 Å². The fourth-order valence-corrected chi connectivity index (χ4v) is 3.72. The number of aromatic nitrogens is 3. The lowest BCUT2D eigenvalue weighted by atomic mass is 10.0. The Morgan fingerprint density at radius 3 is 1.57 bits per heavy atom. The van der Waals surface area contributed by atoms with Crippen LogP contribution in [0.4, 0.5) is 0 Å². The topological polar surface area (TPSA) is 79.9 Å². The maximum Gasteiger partial charge on any atom is 0.348 e. The minimum Gasteiger partial charge on any atom is -0.494 e. The smallest absolute Gasteiger partial charge is 0.348 e. The van der Waals surface area contributed by atoms with Crippen LogP contribution in [0.3, 0.4) is 0 Å². The van der Waals surface area contributed by atoms with Gasteiger partial charge in [0.15, 0.2) is 0 Å². The van der Waals surface area contributed by atoms with Crippen molar-refractivity contribution in [3.8, 4) is 11.4 Å². The van der Waals surface area contributed by atoms with Gasteiger partial charge in [-0.3, -0.25) is 0 Å². The number of H-pyrrole nitrogens is 2. The number of benzene rings is 1. The molecule has 30 heavy (non-hydrogen) atoms. The molecular weight excluding hydrogens is 378 g/mol. The molecule has 2 aromatic rings. The Hall–Kier alpha value is -2.24. The third-order valence-electron chi connectivity index (χ3n) is 5.54. The van der Waals surface area contributed by atoms with E-state index in [1.165, 1.54) is 83.5 Å². The molecule has 0 spiro atoms. The summed E-state index contributed by atoms with van der Waals surface area (Å²) in [5.74, 6) is 0.758. The first kappa shape index (κ1) is 24.0. The molecule has 0 amide bonds. The van der Waals surface area contributed by atoms with Gasteiger partial charge in [-0.25, -0.2) is 24.4 Å².